The molecule has 0 bridgehead atoms. The van der Waals surface area contributed by atoms with Crippen molar-refractivity contribution in [2.75, 3.05) is 62.0 Å². The Balaban J connectivity index is 1.63. The van der Waals surface area contributed by atoms with Crippen molar-refractivity contribution in [2.45, 2.75) is 32.2 Å². The standard InChI is InChI=1S/C21H30N8O3/c1-3-21(5-6-29(14-21)20(30)32-4-2)27-17-11-16(15-12-23-18(22)24-13-15)25-19(26-17)28-7-9-31-10-8-28/h11-13H,3-10,14H2,1-2H3,(H2,22,23,24)(H,25,26,27)/t21-/m1/s1. The van der Waals surface area contributed by atoms with E-state index in [1.807, 2.05) is 13.0 Å². The van der Waals surface area contributed by atoms with Crippen LogP contribution < -0.4 is 16.0 Å². The highest BCUT2D eigenvalue weighted by Gasteiger charge is 2.39. The molecule has 32 heavy (non-hydrogen) atoms. The SMILES string of the molecule is CCOC(=O)N1CC[C@@](CC)(Nc2cc(-c3cnc(N)nc3)nc(N3CCOCC3)n2)C1. The number of hydrogen-bond acceptors (Lipinski definition) is 10. The summed E-state index contributed by atoms with van der Waals surface area (Å²) in [6, 6.07) is 1.89. The number of ether oxygens (including phenoxy) is 2. The van der Waals surface area contributed by atoms with Gasteiger partial charge in [-0.1, -0.05) is 6.92 Å². The number of aromatic nitrogens is 4. The minimum Gasteiger partial charge on any atom is -0.450 e. The zero-order chi connectivity index (χ0) is 22.6. The van der Waals surface area contributed by atoms with Gasteiger partial charge in [-0.2, -0.15) is 4.98 Å². The lowest BCUT2D eigenvalue weighted by molar-refractivity contribution is 0.114. The van der Waals surface area contributed by atoms with Gasteiger partial charge in [-0.05, 0) is 19.8 Å². The Morgan fingerprint density at radius 3 is 2.66 bits per heavy atom. The molecule has 2 fully saturated rings. The van der Waals surface area contributed by atoms with E-state index in [4.69, 9.17) is 25.2 Å². The van der Waals surface area contributed by atoms with E-state index in [9.17, 15) is 4.79 Å². The summed E-state index contributed by atoms with van der Waals surface area (Å²) in [6.45, 7) is 8.19. The summed E-state index contributed by atoms with van der Waals surface area (Å²) in [5, 5.41) is 3.61. The van der Waals surface area contributed by atoms with Crippen molar-refractivity contribution in [1.82, 2.24) is 24.8 Å². The summed E-state index contributed by atoms with van der Waals surface area (Å²) >= 11 is 0. The van der Waals surface area contributed by atoms with Crippen molar-refractivity contribution in [3.63, 3.8) is 0 Å². The first kappa shape index (κ1) is 22.0. The largest absolute Gasteiger partial charge is 0.450 e. The lowest BCUT2D eigenvalue weighted by atomic mass is 9.95. The van der Waals surface area contributed by atoms with Crippen molar-refractivity contribution in [3.05, 3.63) is 18.5 Å². The Hall–Kier alpha value is -3.21. The molecule has 1 amide bonds. The molecule has 2 aromatic rings. The molecule has 2 aromatic heterocycles. The van der Waals surface area contributed by atoms with Crippen LogP contribution in [0.5, 0.6) is 0 Å². The van der Waals surface area contributed by atoms with Gasteiger partial charge in [0, 0.05) is 50.2 Å². The third kappa shape index (κ3) is 4.82. The monoisotopic (exact) mass is 442 g/mol. The third-order valence-electron chi connectivity index (χ3n) is 5.93. The third-order valence-corrected chi connectivity index (χ3v) is 5.93. The number of hydrogen-bond donors (Lipinski definition) is 2. The van der Waals surface area contributed by atoms with Crippen LogP contribution in [0.1, 0.15) is 26.7 Å². The van der Waals surface area contributed by atoms with Crippen molar-refractivity contribution in [2.24, 2.45) is 0 Å². The van der Waals surface area contributed by atoms with Gasteiger partial charge in [-0.25, -0.2) is 19.7 Å². The number of rotatable bonds is 6. The number of carbonyl (C=O) groups excluding carboxylic acids is 1. The van der Waals surface area contributed by atoms with Crippen LogP contribution in [0.15, 0.2) is 18.5 Å². The lowest BCUT2D eigenvalue weighted by Gasteiger charge is -2.31. The summed E-state index contributed by atoms with van der Waals surface area (Å²) in [5.74, 6) is 1.53. The molecule has 0 spiro atoms. The first-order valence-corrected chi connectivity index (χ1v) is 11.0. The second kappa shape index (κ2) is 9.51. The number of morpholine rings is 1. The molecule has 172 valence electrons. The van der Waals surface area contributed by atoms with E-state index in [1.54, 1.807) is 17.3 Å². The van der Waals surface area contributed by atoms with E-state index < -0.39 is 0 Å². The van der Waals surface area contributed by atoms with Crippen LogP contribution in [0.3, 0.4) is 0 Å². The second-order valence-electron chi connectivity index (χ2n) is 8.00. The molecule has 2 saturated heterocycles. The van der Waals surface area contributed by atoms with E-state index in [2.05, 4.69) is 27.1 Å². The average Bonchev–Trinajstić information content (AvgIpc) is 3.25. The Bertz CT molecular complexity index is 935. The molecule has 0 radical (unpaired) electrons. The van der Waals surface area contributed by atoms with Gasteiger partial charge in [0.2, 0.25) is 11.9 Å². The number of anilines is 3. The van der Waals surface area contributed by atoms with E-state index in [1.165, 1.54) is 0 Å². The number of carbonyl (C=O) groups is 1. The summed E-state index contributed by atoms with van der Waals surface area (Å²) in [6.07, 6.45) is 4.68. The molecule has 4 heterocycles. The predicted molar refractivity (Wildman–Crippen MR) is 120 cm³/mol. The molecule has 11 nitrogen and oxygen atoms in total. The van der Waals surface area contributed by atoms with E-state index in [-0.39, 0.29) is 17.6 Å². The molecule has 0 aliphatic carbocycles. The van der Waals surface area contributed by atoms with Gasteiger partial charge in [0.1, 0.15) is 5.82 Å². The maximum absolute atomic E-state index is 12.2. The van der Waals surface area contributed by atoms with Crippen LogP contribution in [-0.2, 0) is 9.47 Å². The highest BCUT2D eigenvalue weighted by molar-refractivity contribution is 5.69. The number of nitrogens with one attached hydrogen (secondary N) is 1. The van der Waals surface area contributed by atoms with Gasteiger partial charge in [0.15, 0.2) is 0 Å². The first-order chi connectivity index (χ1) is 15.5. The molecule has 3 N–H and O–H groups in total. The second-order valence-corrected chi connectivity index (χ2v) is 8.00. The van der Waals surface area contributed by atoms with Crippen LogP contribution in [0, 0.1) is 0 Å². The maximum Gasteiger partial charge on any atom is 0.409 e. The summed E-state index contributed by atoms with van der Waals surface area (Å²) in [5.41, 5.74) is 6.82. The molecule has 2 aliphatic rings. The first-order valence-electron chi connectivity index (χ1n) is 11.0. The van der Waals surface area contributed by atoms with Crippen LogP contribution >= 0.6 is 0 Å². The Kier molecular flexibility index (Phi) is 6.54. The highest BCUT2D eigenvalue weighted by atomic mass is 16.6. The molecule has 0 aromatic carbocycles. The average molecular weight is 443 g/mol. The number of amides is 1. The van der Waals surface area contributed by atoms with Crippen molar-refractivity contribution in [3.8, 4) is 11.3 Å². The number of nitrogen functional groups attached to an aromatic ring is 1. The zero-order valence-corrected chi connectivity index (χ0v) is 18.6. The molecule has 0 unspecified atom stereocenters. The molecule has 11 heteroatoms. The van der Waals surface area contributed by atoms with E-state index in [0.717, 1.165) is 31.5 Å². The van der Waals surface area contributed by atoms with Crippen molar-refractivity contribution in [1.29, 1.82) is 0 Å². The normalized spacial score (nSPS) is 20.9. The Labute approximate surface area is 187 Å². The molecule has 2 aliphatic heterocycles. The fourth-order valence-electron chi connectivity index (χ4n) is 4.02. The Morgan fingerprint density at radius 2 is 1.97 bits per heavy atom. The minimum absolute atomic E-state index is 0.213. The van der Waals surface area contributed by atoms with Crippen LogP contribution in [0.4, 0.5) is 22.5 Å². The number of nitrogens with zero attached hydrogens (tertiary/aromatic N) is 6. The number of likely N-dealkylation sites (tertiary alicyclic amines) is 1. The number of nitrogens with two attached hydrogens (primary N) is 1. The quantitative estimate of drug-likeness (QED) is 0.682. The molecule has 1 atom stereocenters. The summed E-state index contributed by atoms with van der Waals surface area (Å²) in [4.78, 5) is 33.9. The summed E-state index contributed by atoms with van der Waals surface area (Å²) in [7, 11) is 0. The smallest absolute Gasteiger partial charge is 0.409 e. The molecule has 0 saturated carbocycles. The van der Waals surface area contributed by atoms with Crippen molar-refractivity contribution < 1.29 is 14.3 Å². The van der Waals surface area contributed by atoms with Gasteiger partial charge in [-0.3, -0.25) is 0 Å². The fraction of sp³-hybridized carbons (Fsp3) is 0.571. The maximum atomic E-state index is 12.2. The Morgan fingerprint density at radius 1 is 1.22 bits per heavy atom. The molecular weight excluding hydrogens is 412 g/mol. The van der Waals surface area contributed by atoms with Gasteiger partial charge in [0.25, 0.3) is 0 Å². The summed E-state index contributed by atoms with van der Waals surface area (Å²) < 4.78 is 10.7. The zero-order valence-electron chi connectivity index (χ0n) is 18.6. The highest BCUT2D eigenvalue weighted by Crippen LogP contribution is 2.31. The fourth-order valence-corrected chi connectivity index (χ4v) is 4.02. The van der Waals surface area contributed by atoms with Crippen LogP contribution in [0.2, 0.25) is 0 Å². The van der Waals surface area contributed by atoms with E-state index >= 15 is 0 Å². The van der Waals surface area contributed by atoms with E-state index in [0.29, 0.717) is 50.4 Å². The minimum atomic E-state index is -0.293. The van der Waals surface area contributed by atoms with Crippen LogP contribution in [0.25, 0.3) is 11.3 Å². The van der Waals surface area contributed by atoms with Gasteiger partial charge in [-0.15, -0.1) is 0 Å². The van der Waals surface area contributed by atoms with Crippen molar-refractivity contribution >= 4 is 23.8 Å². The molecule has 4 rings (SSSR count). The van der Waals surface area contributed by atoms with Gasteiger partial charge in [0.05, 0.1) is 31.1 Å². The predicted octanol–water partition coefficient (Wildman–Crippen LogP) is 1.78. The lowest BCUT2D eigenvalue weighted by Crippen LogP contribution is -2.42. The topological polar surface area (TPSA) is 132 Å². The van der Waals surface area contributed by atoms with Gasteiger partial charge < -0.3 is 30.3 Å². The molecular formula is C21H30N8O3. The van der Waals surface area contributed by atoms with Crippen LogP contribution in [-0.4, -0.2) is 82.5 Å². The van der Waals surface area contributed by atoms with Gasteiger partial charge >= 0.3 is 6.09 Å².